The minimum Gasteiger partial charge on any atom is -0.508 e. The fraction of sp³-hybridized carbons (Fsp3) is 0.467. The van der Waals surface area contributed by atoms with Crippen LogP contribution >= 0.6 is 11.3 Å². The van der Waals surface area contributed by atoms with Crippen molar-refractivity contribution in [1.82, 2.24) is 15.5 Å². The van der Waals surface area contributed by atoms with Gasteiger partial charge >= 0.3 is 0 Å². The van der Waals surface area contributed by atoms with Gasteiger partial charge in [0.2, 0.25) is 0 Å². The number of phenolic OH excluding ortho intramolecular Hbond substituents is 1. The van der Waals surface area contributed by atoms with Gasteiger partial charge in [0.15, 0.2) is 0 Å². The lowest BCUT2D eigenvalue weighted by molar-refractivity contribution is 0.471. The molecule has 5 heteroatoms. The van der Waals surface area contributed by atoms with E-state index in [0.29, 0.717) is 5.75 Å². The van der Waals surface area contributed by atoms with Crippen molar-refractivity contribution in [1.29, 1.82) is 0 Å². The number of aromatic nitrogens is 2. The summed E-state index contributed by atoms with van der Waals surface area (Å²) in [5.41, 5.74) is 1.81. The van der Waals surface area contributed by atoms with Crippen molar-refractivity contribution < 1.29 is 5.11 Å². The van der Waals surface area contributed by atoms with Gasteiger partial charge in [0.25, 0.3) is 0 Å². The Bertz CT molecular complexity index is 568. The summed E-state index contributed by atoms with van der Waals surface area (Å²) >= 11 is 1.60. The number of benzene rings is 1. The Morgan fingerprint density at radius 2 is 2.10 bits per heavy atom. The quantitative estimate of drug-likeness (QED) is 0.852. The van der Waals surface area contributed by atoms with Crippen molar-refractivity contribution >= 4 is 11.3 Å². The molecule has 2 rings (SSSR count). The third-order valence-electron chi connectivity index (χ3n) is 3.32. The summed E-state index contributed by atoms with van der Waals surface area (Å²) in [6.45, 7) is 7.19. The van der Waals surface area contributed by atoms with Crippen LogP contribution in [0.1, 0.15) is 43.3 Å². The van der Waals surface area contributed by atoms with E-state index < -0.39 is 0 Å². The molecule has 4 nitrogen and oxygen atoms in total. The topological polar surface area (TPSA) is 58.0 Å². The third kappa shape index (κ3) is 3.16. The lowest BCUT2D eigenvalue weighted by Crippen LogP contribution is -2.21. The van der Waals surface area contributed by atoms with Gasteiger partial charge in [0.05, 0.1) is 6.04 Å². The summed E-state index contributed by atoms with van der Waals surface area (Å²) in [5, 5.41) is 23.7. The van der Waals surface area contributed by atoms with Gasteiger partial charge in [-0.15, -0.1) is 10.2 Å². The van der Waals surface area contributed by atoms with Gasteiger partial charge in [-0.1, -0.05) is 37.3 Å². The van der Waals surface area contributed by atoms with Crippen molar-refractivity contribution in [3.63, 3.8) is 0 Å². The molecule has 0 bridgehead atoms. The SMILES string of the molecule is CCCNC(CC)c1nnc(-c2cccc(O)c2C)s1. The van der Waals surface area contributed by atoms with Gasteiger partial charge in [0.1, 0.15) is 15.8 Å². The Kier molecular flexibility index (Phi) is 5.09. The van der Waals surface area contributed by atoms with E-state index >= 15 is 0 Å². The molecular weight excluding hydrogens is 270 g/mol. The summed E-state index contributed by atoms with van der Waals surface area (Å²) in [7, 11) is 0. The molecule has 20 heavy (non-hydrogen) atoms. The highest BCUT2D eigenvalue weighted by molar-refractivity contribution is 7.14. The molecule has 1 atom stereocenters. The van der Waals surface area contributed by atoms with Crippen LogP contribution in [-0.2, 0) is 0 Å². The van der Waals surface area contributed by atoms with Crippen molar-refractivity contribution in [2.75, 3.05) is 6.54 Å². The molecule has 0 amide bonds. The first-order valence-corrected chi connectivity index (χ1v) is 7.84. The maximum atomic E-state index is 9.78. The van der Waals surface area contributed by atoms with Gasteiger partial charge in [0, 0.05) is 11.1 Å². The minimum absolute atomic E-state index is 0.263. The number of aromatic hydroxyl groups is 1. The van der Waals surface area contributed by atoms with Crippen LogP contribution in [0.3, 0.4) is 0 Å². The van der Waals surface area contributed by atoms with Crippen molar-refractivity contribution in [2.24, 2.45) is 0 Å². The van der Waals surface area contributed by atoms with Crippen LogP contribution in [0.4, 0.5) is 0 Å². The molecule has 1 heterocycles. The van der Waals surface area contributed by atoms with E-state index in [0.717, 1.165) is 40.5 Å². The first kappa shape index (κ1) is 14.9. The van der Waals surface area contributed by atoms with Gasteiger partial charge < -0.3 is 10.4 Å². The third-order valence-corrected chi connectivity index (χ3v) is 4.39. The van der Waals surface area contributed by atoms with E-state index in [-0.39, 0.29) is 6.04 Å². The molecule has 0 aliphatic carbocycles. The Labute approximate surface area is 123 Å². The fourth-order valence-electron chi connectivity index (χ4n) is 2.06. The molecule has 1 unspecified atom stereocenters. The monoisotopic (exact) mass is 291 g/mol. The van der Waals surface area contributed by atoms with Crippen LogP contribution in [0.15, 0.2) is 18.2 Å². The van der Waals surface area contributed by atoms with Crippen LogP contribution < -0.4 is 5.32 Å². The number of hydrogen-bond donors (Lipinski definition) is 2. The Hall–Kier alpha value is -1.46. The Morgan fingerprint density at radius 1 is 1.30 bits per heavy atom. The highest BCUT2D eigenvalue weighted by atomic mass is 32.1. The zero-order chi connectivity index (χ0) is 14.5. The van der Waals surface area contributed by atoms with Crippen LogP contribution in [0, 0.1) is 6.92 Å². The predicted molar refractivity (Wildman–Crippen MR) is 83.1 cm³/mol. The number of rotatable bonds is 6. The van der Waals surface area contributed by atoms with E-state index in [1.165, 1.54) is 0 Å². The van der Waals surface area contributed by atoms with E-state index in [2.05, 4.69) is 29.4 Å². The van der Waals surface area contributed by atoms with Gasteiger partial charge in [-0.25, -0.2) is 0 Å². The second-order valence-electron chi connectivity index (χ2n) is 4.81. The molecular formula is C15H21N3OS. The van der Waals surface area contributed by atoms with Gasteiger partial charge in [-0.2, -0.15) is 0 Å². The Morgan fingerprint density at radius 3 is 2.80 bits per heavy atom. The molecule has 0 spiro atoms. The number of hydrogen-bond acceptors (Lipinski definition) is 5. The lowest BCUT2D eigenvalue weighted by atomic mass is 10.1. The predicted octanol–water partition coefficient (Wildman–Crippen LogP) is 3.67. The minimum atomic E-state index is 0.263. The first-order valence-electron chi connectivity index (χ1n) is 7.03. The second kappa shape index (κ2) is 6.81. The summed E-state index contributed by atoms with van der Waals surface area (Å²) in [6, 6.07) is 5.77. The van der Waals surface area contributed by atoms with Crippen molar-refractivity contribution in [2.45, 2.75) is 39.7 Å². The van der Waals surface area contributed by atoms with Gasteiger partial charge in [-0.05, 0) is 32.4 Å². The fourth-order valence-corrected chi connectivity index (χ4v) is 3.15. The van der Waals surface area contributed by atoms with Crippen LogP contribution in [0.2, 0.25) is 0 Å². The molecule has 1 aromatic heterocycles. The summed E-state index contributed by atoms with van der Waals surface area (Å²) < 4.78 is 0. The number of nitrogens with zero attached hydrogens (tertiary/aromatic N) is 2. The lowest BCUT2D eigenvalue weighted by Gasteiger charge is -2.12. The van der Waals surface area contributed by atoms with Crippen molar-refractivity contribution in [3.8, 4) is 16.3 Å². The molecule has 2 aromatic rings. The number of nitrogens with one attached hydrogen (secondary N) is 1. The molecule has 108 valence electrons. The molecule has 0 saturated heterocycles. The molecule has 2 N–H and O–H groups in total. The van der Waals surface area contributed by atoms with Crippen LogP contribution in [-0.4, -0.2) is 21.8 Å². The molecule has 1 aromatic carbocycles. The maximum absolute atomic E-state index is 9.78. The van der Waals surface area contributed by atoms with E-state index in [1.54, 1.807) is 17.4 Å². The first-order chi connectivity index (χ1) is 9.67. The average Bonchev–Trinajstić information content (AvgIpc) is 2.92. The highest BCUT2D eigenvalue weighted by Crippen LogP contribution is 2.33. The standard InChI is InChI=1S/C15H21N3OS/c1-4-9-16-12(5-2)15-18-17-14(20-15)11-7-6-8-13(19)10(11)3/h6-8,12,16,19H,4-5,9H2,1-3H3. The zero-order valence-corrected chi connectivity index (χ0v) is 13.0. The van der Waals surface area contributed by atoms with E-state index in [4.69, 9.17) is 0 Å². The van der Waals surface area contributed by atoms with Gasteiger partial charge in [-0.3, -0.25) is 0 Å². The molecule has 0 fully saturated rings. The van der Waals surface area contributed by atoms with E-state index in [1.807, 2.05) is 19.1 Å². The number of phenols is 1. The molecule has 0 radical (unpaired) electrons. The van der Waals surface area contributed by atoms with E-state index in [9.17, 15) is 5.11 Å². The summed E-state index contributed by atoms with van der Waals surface area (Å²) in [5.74, 6) is 0.301. The normalized spacial score (nSPS) is 12.6. The largest absolute Gasteiger partial charge is 0.508 e. The van der Waals surface area contributed by atoms with Crippen LogP contribution in [0.25, 0.3) is 10.6 Å². The molecule has 0 aliphatic rings. The summed E-state index contributed by atoms with van der Waals surface area (Å²) in [6.07, 6.45) is 2.10. The zero-order valence-electron chi connectivity index (χ0n) is 12.2. The Balaban J connectivity index is 2.26. The maximum Gasteiger partial charge on any atom is 0.148 e. The average molecular weight is 291 g/mol. The van der Waals surface area contributed by atoms with Crippen LogP contribution in [0.5, 0.6) is 5.75 Å². The second-order valence-corrected chi connectivity index (χ2v) is 5.82. The smallest absolute Gasteiger partial charge is 0.148 e. The summed E-state index contributed by atoms with van der Waals surface area (Å²) in [4.78, 5) is 0. The van der Waals surface area contributed by atoms with Crippen molar-refractivity contribution in [3.05, 3.63) is 28.8 Å². The molecule has 0 aliphatic heterocycles. The molecule has 0 saturated carbocycles. The highest BCUT2D eigenvalue weighted by Gasteiger charge is 2.16.